The van der Waals surface area contributed by atoms with Gasteiger partial charge >= 0.3 is 0 Å². The maximum Gasteiger partial charge on any atom is 0.295 e. The zero-order valence-electron chi connectivity index (χ0n) is 11.8. The molecule has 1 aromatic carbocycles. The van der Waals surface area contributed by atoms with Gasteiger partial charge in [0.15, 0.2) is 17.3 Å². The van der Waals surface area contributed by atoms with Crippen LogP contribution in [0.2, 0.25) is 0 Å². The van der Waals surface area contributed by atoms with Gasteiger partial charge in [-0.25, -0.2) is 8.78 Å². The second-order valence-electron chi connectivity index (χ2n) is 5.37. The van der Waals surface area contributed by atoms with E-state index in [-0.39, 0.29) is 11.1 Å². The Kier molecular flexibility index (Phi) is 4.99. The molecule has 0 aromatic heterocycles. The second-order valence-corrected chi connectivity index (χ2v) is 5.37. The molecule has 1 rings (SSSR count). The van der Waals surface area contributed by atoms with E-state index in [1.807, 2.05) is 13.8 Å². The van der Waals surface area contributed by atoms with Crippen molar-refractivity contribution in [2.45, 2.75) is 20.8 Å². The fourth-order valence-electron chi connectivity index (χ4n) is 1.91. The van der Waals surface area contributed by atoms with E-state index in [1.54, 1.807) is 6.92 Å². The third kappa shape index (κ3) is 3.41. The number of nitrogens with zero attached hydrogens (tertiary/aromatic N) is 2. The molecule has 7 heteroatoms. The van der Waals surface area contributed by atoms with Gasteiger partial charge in [0.05, 0.1) is 4.92 Å². The van der Waals surface area contributed by atoms with Crippen molar-refractivity contribution in [1.82, 2.24) is 0 Å². The van der Waals surface area contributed by atoms with Crippen LogP contribution in [-0.2, 0) is 0 Å². The minimum atomic E-state index is -1.20. The first kappa shape index (κ1) is 16.3. The van der Waals surface area contributed by atoms with Crippen molar-refractivity contribution in [2.24, 2.45) is 11.1 Å². The summed E-state index contributed by atoms with van der Waals surface area (Å²) in [6, 6.07) is 1.74. The number of rotatable bonds is 6. The molecule has 0 saturated heterocycles. The van der Waals surface area contributed by atoms with Crippen molar-refractivity contribution in [1.29, 1.82) is 0 Å². The van der Waals surface area contributed by atoms with E-state index in [1.165, 1.54) is 4.90 Å². The van der Waals surface area contributed by atoms with E-state index in [2.05, 4.69) is 0 Å². The Balaban J connectivity index is 3.33. The SMILES string of the molecule is CCN(CC(C)(C)CN)c1c([N+](=O)[O-])ccc(F)c1F. The number of hydrogen-bond donors (Lipinski definition) is 1. The summed E-state index contributed by atoms with van der Waals surface area (Å²) in [5.74, 6) is -2.30. The molecule has 112 valence electrons. The van der Waals surface area contributed by atoms with Crippen LogP contribution in [0.5, 0.6) is 0 Å². The van der Waals surface area contributed by atoms with Crippen molar-refractivity contribution < 1.29 is 13.7 Å². The zero-order valence-corrected chi connectivity index (χ0v) is 11.8. The maximum absolute atomic E-state index is 14.0. The van der Waals surface area contributed by atoms with E-state index < -0.39 is 22.2 Å². The number of nitrogens with two attached hydrogens (primary N) is 1. The second kappa shape index (κ2) is 6.13. The van der Waals surface area contributed by atoms with E-state index in [0.717, 1.165) is 12.1 Å². The number of nitro groups is 1. The molecule has 0 spiro atoms. The van der Waals surface area contributed by atoms with Gasteiger partial charge in [-0.3, -0.25) is 10.1 Å². The molecule has 0 heterocycles. The molecule has 2 N–H and O–H groups in total. The highest BCUT2D eigenvalue weighted by molar-refractivity contribution is 5.64. The normalized spacial score (nSPS) is 11.5. The molecule has 1 aromatic rings. The van der Waals surface area contributed by atoms with Gasteiger partial charge in [-0.05, 0) is 24.9 Å². The Labute approximate surface area is 116 Å². The highest BCUT2D eigenvalue weighted by Gasteiger charge is 2.29. The van der Waals surface area contributed by atoms with Gasteiger partial charge in [0, 0.05) is 19.2 Å². The summed E-state index contributed by atoms with van der Waals surface area (Å²) in [6.45, 7) is 6.37. The quantitative estimate of drug-likeness (QED) is 0.645. The van der Waals surface area contributed by atoms with Gasteiger partial charge in [-0.1, -0.05) is 13.8 Å². The van der Waals surface area contributed by atoms with Crippen LogP contribution in [0.25, 0.3) is 0 Å². The van der Waals surface area contributed by atoms with Crippen LogP contribution < -0.4 is 10.6 Å². The van der Waals surface area contributed by atoms with Crippen LogP contribution in [0.4, 0.5) is 20.2 Å². The van der Waals surface area contributed by atoms with Gasteiger partial charge in [-0.2, -0.15) is 0 Å². The lowest BCUT2D eigenvalue weighted by Crippen LogP contribution is -2.39. The molecule has 0 fully saturated rings. The first-order valence-electron chi connectivity index (χ1n) is 6.31. The molecule has 5 nitrogen and oxygen atoms in total. The third-order valence-corrected chi connectivity index (χ3v) is 3.11. The van der Waals surface area contributed by atoms with Gasteiger partial charge in [0.2, 0.25) is 0 Å². The molecule has 0 aliphatic heterocycles. The molecular formula is C13H19F2N3O2. The zero-order chi connectivity index (χ0) is 15.5. The molecule has 0 unspecified atom stereocenters. The van der Waals surface area contributed by atoms with Gasteiger partial charge < -0.3 is 10.6 Å². The van der Waals surface area contributed by atoms with Crippen LogP contribution in [-0.4, -0.2) is 24.6 Å². The molecule has 0 atom stereocenters. The number of halogens is 2. The van der Waals surface area contributed by atoms with Crippen molar-refractivity contribution in [3.05, 3.63) is 33.9 Å². The average molecular weight is 287 g/mol. The summed E-state index contributed by atoms with van der Waals surface area (Å²) in [6.07, 6.45) is 0. The summed E-state index contributed by atoms with van der Waals surface area (Å²) < 4.78 is 27.4. The number of benzene rings is 1. The van der Waals surface area contributed by atoms with Gasteiger partial charge in [-0.15, -0.1) is 0 Å². The Morgan fingerprint density at radius 2 is 2.00 bits per heavy atom. The number of nitro benzene ring substituents is 1. The Morgan fingerprint density at radius 1 is 1.40 bits per heavy atom. The molecule has 0 saturated carbocycles. The van der Waals surface area contributed by atoms with Crippen LogP contribution in [0.1, 0.15) is 20.8 Å². The van der Waals surface area contributed by atoms with Crippen LogP contribution in [0.15, 0.2) is 12.1 Å². The fraction of sp³-hybridized carbons (Fsp3) is 0.538. The van der Waals surface area contributed by atoms with Crippen molar-refractivity contribution >= 4 is 11.4 Å². The lowest BCUT2D eigenvalue weighted by Gasteiger charge is -2.32. The van der Waals surface area contributed by atoms with Crippen molar-refractivity contribution in [3.63, 3.8) is 0 Å². The molecule has 0 radical (unpaired) electrons. The van der Waals surface area contributed by atoms with Crippen molar-refractivity contribution in [2.75, 3.05) is 24.5 Å². The molecule has 0 amide bonds. The van der Waals surface area contributed by atoms with Gasteiger partial charge in [0.25, 0.3) is 5.69 Å². The van der Waals surface area contributed by atoms with E-state index in [9.17, 15) is 18.9 Å². The monoisotopic (exact) mass is 287 g/mol. The van der Waals surface area contributed by atoms with Crippen LogP contribution >= 0.6 is 0 Å². The van der Waals surface area contributed by atoms with Crippen molar-refractivity contribution in [3.8, 4) is 0 Å². The summed E-state index contributed by atoms with van der Waals surface area (Å²) >= 11 is 0. The highest BCUT2D eigenvalue weighted by atomic mass is 19.2. The smallest absolute Gasteiger partial charge is 0.295 e. The standard InChI is InChI=1S/C13H19F2N3O2/c1-4-17(8-13(2,3)7-16)12-10(18(19)20)6-5-9(14)11(12)15/h5-6H,4,7-8,16H2,1-3H3. The van der Waals surface area contributed by atoms with E-state index >= 15 is 0 Å². The minimum absolute atomic E-state index is 0.293. The summed E-state index contributed by atoms with van der Waals surface area (Å²) in [4.78, 5) is 11.7. The Bertz CT molecular complexity index is 507. The average Bonchev–Trinajstić information content (AvgIpc) is 2.39. The summed E-state index contributed by atoms with van der Waals surface area (Å²) in [5.41, 5.74) is 4.49. The number of hydrogen-bond acceptors (Lipinski definition) is 4. The molecular weight excluding hydrogens is 268 g/mol. The van der Waals surface area contributed by atoms with E-state index in [0.29, 0.717) is 19.6 Å². The first-order chi connectivity index (χ1) is 9.23. The third-order valence-electron chi connectivity index (χ3n) is 3.11. The molecule has 0 aliphatic carbocycles. The van der Waals surface area contributed by atoms with Crippen LogP contribution in [0, 0.1) is 27.2 Å². The number of anilines is 1. The van der Waals surface area contributed by atoms with Crippen LogP contribution in [0.3, 0.4) is 0 Å². The maximum atomic E-state index is 14.0. The fourth-order valence-corrected chi connectivity index (χ4v) is 1.91. The Hall–Kier alpha value is -1.76. The highest BCUT2D eigenvalue weighted by Crippen LogP contribution is 2.34. The lowest BCUT2D eigenvalue weighted by molar-refractivity contribution is -0.384. The largest absolute Gasteiger partial charge is 0.363 e. The summed E-state index contributed by atoms with van der Waals surface area (Å²) in [5, 5.41) is 11.0. The topological polar surface area (TPSA) is 72.4 Å². The van der Waals surface area contributed by atoms with E-state index in [4.69, 9.17) is 5.73 Å². The molecule has 0 bridgehead atoms. The van der Waals surface area contributed by atoms with Gasteiger partial charge in [0.1, 0.15) is 0 Å². The minimum Gasteiger partial charge on any atom is -0.363 e. The first-order valence-corrected chi connectivity index (χ1v) is 6.31. The molecule has 20 heavy (non-hydrogen) atoms. The molecule has 0 aliphatic rings. The Morgan fingerprint density at radius 3 is 2.45 bits per heavy atom. The predicted octanol–water partition coefficient (Wildman–Crippen LogP) is 2.68. The summed E-state index contributed by atoms with van der Waals surface area (Å²) in [7, 11) is 0. The predicted molar refractivity (Wildman–Crippen MR) is 73.7 cm³/mol. The lowest BCUT2D eigenvalue weighted by atomic mass is 9.92.